The zero-order chi connectivity index (χ0) is 33.1. The number of benzene rings is 4. The van der Waals surface area contributed by atoms with Crippen molar-refractivity contribution in [1.82, 2.24) is 0 Å². The molecule has 0 N–H and O–H groups in total. The number of ether oxygens (including phenoxy) is 1. The first kappa shape index (κ1) is 34.0. The summed E-state index contributed by atoms with van der Waals surface area (Å²) in [6.45, 7) is 13.8. The van der Waals surface area contributed by atoms with Gasteiger partial charge in [0, 0.05) is 6.42 Å². The molecule has 1 fully saturated rings. The van der Waals surface area contributed by atoms with Crippen LogP contribution in [0.4, 0.5) is 0 Å². The van der Waals surface area contributed by atoms with Gasteiger partial charge in [-0.05, 0) is 50.1 Å². The third-order valence-corrected chi connectivity index (χ3v) is 19.9. The maximum absolute atomic E-state index is 13.3. The van der Waals surface area contributed by atoms with Crippen LogP contribution in [0.3, 0.4) is 0 Å². The molecule has 0 saturated heterocycles. The van der Waals surface area contributed by atoms with Crippen molar-refractivity contribution < 1.29 is 18.4 Å². The molecular formula is C40H50O4Si2. The predicted octanol–water partition coefficient (Wildman–Crippen LogP) is 7.20. The molecule has 4 aromatic rings. The van der Waals surface area contributed by atoms with Crippen LogP contribution >= 0.6 is 0 Å². The van der Waals surface area contributed by atoms with Gasteiger partial charge in [0.05, 0.1) is 13.0 Å². The number of methoxy groups -OCH3 is 1. The molecular weight excluding hydrogens is 601 g/mol. The van der Waals surface area contributed by atoms with Crippen LogP contribution in [0, 0.1) is 5.92 Å². The van der Waals surface area contributed by atoms with Gasteiger partial charge >= 0.3 is 5.97 Å². The van der Waals surface area contributed by atoms with Crippen LogP contribution in [0.2, 0.25) is 10.1 Å². The fourth-order valence-electron chi connectivity index (χ4n) is 7.63. The maximum atomic E-state index is 13.3. The fraction of sp³-hybridized carbons (Fsp3) is 0.375. The summed E-state index contributed by atoms with van der Waals surface area (Å²) in [5, 5.41) is 4.24. The summed E-state index contributed by atoms with van der Waals surface area (Å²) in [4.78, 5) is 13.3. The van der Waals surface area contributed by atoms with E-state index < -0.39 is 22.4 Å². The first-order valence-corrected chi connectivity index (χ1v) is 20.4. The highest BCUT2D eigenvalue weighted by atomic mass is 28.4. The van der Waals surface area contributed by atoms with Crippen LogP contribution in [0.1, 0.15) is 67.2 Å². The number of carbonyl (C=O) groups excluding carboxylic acids is 1. The molecule has 4 aromatic carbocycles. The SMILES string of the molecule is COC(=O)C1CCCC(O[Si](c2ccccc2)(c2ccccc2)C(C)(C)C)(O[Si](c2ccccc2)(c2ccccc2)C(C)(C)C)C1. The molecule has 0 aliphatic heterocycles. The molecule has 0 heterocycles. The largest absolute Gasteiger partial charge is 0.469 e. The molecule has 1 saturated carbocycles. The van der Waals surface area contributed by atoms with E-state index in [1.807, 2.05) is 0 Å². The highest BCUT2D eigenvalue weighted by molar-refractivity contribution is 7.00. The summed E-state index contributed by atoms with van der Waals surface area (Å²) >= 11 is 0. The minimum Gasteiger partial charge on any atom is -0.469 e. The van der Waals surface area contributed by atoms with Gasteiger partial charge in [-0.25, -0.2) is 0 Å². The van der Waals surface area contributed by atoms with Crippen molar-refractivity contribution in [3.8, 4) is 0 Å². The summed E-state index contributed by atoms with van der Waals surface area (Å²) in [5.74, 6) is -1.57. The van der Waals surface area contributed by atoms with Crippen LogP contribution in [-0.4, -0.2) is 35.5 Å². The Labute approximate surface area is 278 Å². The van der Waals surface area contributed by atoms with Crippen LogP contribution in [0.5, 0.6) is 0 Å². The molecule has 1 atom stereocenters. The molecule has 0 aromatic heterocycles. The molecule has 0 bridgehead atoms. The lowest BCUT2D eigenvalue weighted by molar-refractivity contribution is -0.177. The van der Waals surface area contributed by atoms with E-state index in [0.29, 0.717) is 12.8 Å². The molecule has 4 nitrogen and oxygen atoms in total. The van der Waals surface area contributed by atoms with Gasteiger partial charge in [-0.15, -0.1) is 0 Å². The summed E-state index contributed by atoms with van der Waals surface area (Å²) in [6, 6.07) is 43.0. The van der Waals surface area contributed by atoms with E-state index in [1.54, 1.807) is 0 Å². The first-order chi connectivity index (χ1) is 21.9. The van der Waals surface area contributed by atoms with Gasteiger partial charge < -0.3 is 13.6 Å². The summed E-state index contributed by atoms with van der Waals surface area (Å²) in [5.41, 5.74) is 0. The predicted molar refractivity (Wildman–Crippen MR) is 194 cm³/mol. The smallest absolute Gasteiger partial charge is 0.308 e. The van der Waals surface area contributed by atoms with Gasteiger partial charge in [-0.3, -0.25) is 4.79 Å². The molecule has 6 heteroatoms. The lowest BCUT2D eigenvalue weighted by Gasteiger charge is -2.56. The Bertz CT molecular complexity index is 1380. The minimum absolute atomic E-state index is 0.193. The van der Waals surface area contributed by atoms with Crippen molar-refractivity contribution in [1.29, 1.82) is 0 Å². The lowest BCUT2D eigenvalue weighted by Crippen LogP contribution is -2.75. The van der Waals surface area contributed by atoms with Gasteiger partial charge in [0.1, 0.15) is 0 Å². The highest BCUT2D eigenvalue weighted by Gasteiger charge is 2.61. The number of esters is 1. The van der Waals surface area contributed by atoms with Crippen LogP contribution in [-0.2, 0) is 18.4 Å². The van der Waals surface area contributed by atoms with Crippen molar-refractivity contribution in [3.63, 3.8) is 0 Å². The number of hydrogen-bond acceptors (Lipinski definition) is 4. The fourth-order valence-corrected chi connectivity index (χ4v) is 17.1. The third kappa shape index (κ3) is 6.33. The average molecular weight is 651 g/mol. The Hall–Kier alpha value is -3.30. The van der Waals surface area contributed by atoms with Crippen LogP contribution in [0.25, 0.3) is 0 Å². The second kappa shape index (κ2) is 13.4. The lowest BCUT2D eigenvalue weighted by atomic mass is 9.85. The quantitative estimate of drug-likeness (QED) is 0.109. The van der Waals surface area contributed by atoms with Crippen molar-refractivity contribution in [3.05, 3.63) is 121 Å². The summed E-state index contributed by atoms with van der Waals surface area (Å²) in [7, 11) is -4.71. The van der Waals surface area contributed by atoms with Crippen molar-refractivity contribution >= 4 is 43.4 Å². The van der Waals surface area contributed by atoms with E-state index in [1.165, 1.54) is 27.9 Å². The average Bonchev–Trinajstić information content (AvgIpc) is 3.06. The van der Waals surface area contributed by atoms with Gasteiger partial charge in [0.15, 0.2) is 5.79 Å². The van der Waals surface area contributed by atoms with E-state index in [4.69, 9.17) is 13.6 Å². The van der Waals surface area contributed by atoms with E-state index in [0.717, 1.165) is 12.8 Å². The number of hydrogen-bond donors (Lipinski definition) is 0. The molecule has 0 amide bonds. The van der Waals surface area contributed by atoms with Gasteiger partial charge in [0.25, 0.3) is 16.6 Å². The number of carbonyl (C=O) groups is 1. The molecule has 46 heavy (non-hydrogen) atoms. The normalized spacial score (nSPS) is 17.3. The molecule has 0 spiro atoms. The van der Waals surface area contributed by atoms with Crippen molar-refractivity contribution in [2.75, 3.05) is 7.11 Å². The van der Waals surface area contributed by atoms with E-state index in [-0.39, 0.29) is 22.0 Å². The van der Waals surface area contributed by atoms with E-state index >= 15 is 0 Å². The maximum Gasteiger partial charge on any atom is 0.308 e. The molecule has 1 unspecified atom stereocenters. The molecule has 242 valence electrons. The summed E-state index contributed by atoms with van der Waals surface area (Å²) in [6.07, 6.45) is 2.68. The Kier molecular flexibility index (Phi) is 9.95. The molecule has 5 rings (SSSR count). The molecule has 1 aliphatic carbocycles. The third-order valence-electron chi connectivity index (χ3n) is 9.71. The van der Waals surface area contributed by atoms with E-state index in [9.17, 15) is 4.79 Å². The van der Waals surface area contributed by atoms with Crippen LogP contribution < -0.4 is 20.7 Å². The zero-order valence-electron chi connectivity index (χ0n) is 28.6. The van der Waals surface area contributed by atoms with Crippen molar-refractivity contribution in [2.24, 2.45) is 5.92 Å². The molecule has 1 aliphatic rings. The highest BCUT2D eigenvalue weighted by Crippen LogP contribution is 2.49. The van der Waals surface area contributed by atoms with Gasteiger partial charge in [-0.2, -0.15) is 0 Å². The minimum atomic E-state index is -3.10. The Morgan fingerprint density at radius 2 is 0.935 bits per heavy atom. The van der Waals surface area contributed by atoms with E-state index in [2.05, 4.69) is 163 Å². The second-order valence-electron chi connectivity index (χ2n) is 14.8. The molecule has 0 radical (unpaired) electrons. The topological polar surface area (TPSA) is 44.8 Å². The summed E-state index contributed by atoms with van der Waals surface area (Å²) < 4.78 is 21.5. The van der Waals surface area contributed by atoms with Gasteiger partial charge in [0.2, 0.25) is 0 Å². The first-order valence-electron chi connectivity index (χ1n) is 16.6. The van der Waals surface area contributed by atoms with Crippen LogP contribution in [0.15, 0.2) is 121 Å². The number of rotatable bonds is 9. The zero-order valence-corrected chi connectivity index (χ0v) is 30.6. The Morgan fingerprint density at radius 3 is 1.22 bits per heavy atom. The Morgan fingerprint density at radius 1 is 0.609 bits per heavy atom. The van der Waals surface area contributed by atoms with Gasteiger partial charge in [-0.1, -0.05) is 163 Å². The Balaban J connectivity index is 1.83. The monoisotopic (exact) mass is 650 g/mol. The van der Waals surface area contributed by atoms with Crippen molar-refractivity contribution in [2.45, 2.75) is 83.1 Å². The standard InChI is InChI=1S/C40H50O4Si2/c1-38(2,3)45(33-22-12-8-13-23-33,34-24-14-9-15-25-34)43-40(30-20-21-32(31-40)37(41)42-7)44-46(39(4,5)6,35-26-16-10-17-27-35)36-28-18-11-19-29-36/h8-19,22-29,32H,20-21,30-31H2,1-7H3. The second-order valence-corrected chi connectivity index (χ2v) is 23.2.